The maximum absolute atomic E-state index is 15.3. The summed E-state index contributed by atoms with van der Waals surface area (Å²) in [4.78, 5) is 25.0. The van der Waals surface area contributed by atoms with E-state index in [9.17, 15) is 18.4 Å². The third-order valence-electron chi connectivity index (χ3n) is 4.78. The molecule has 178 valence electrons. The summed E-state index contributed by atoms with van der Waals surface area (Å²) >= 11 is 2.98. The minimum Gasteiger partial charge on any atom is -0.456 e. The summed E-state index contributed by atoms with van der Waals surface area (Å²) in [5.74, 6) is -4.31. The summed E-state index contributed by atoms with van der Waals surface area (Å²) in [6.45, 7) is 5.81. The van der Waals surface area contributed by atoms with E-state index >= 15 is 4.39 Å². The fraction of sp³-hybridized carbons (Fsp3) is 0.391. The molecule has 1 aliphatic rings. The molecule has 1 aliphatic heterocycles. The predicted octanol–water partition coefficient (Wildman–Crippen LogP) is 5.20. The van der Waals surface area contributed by atoms with E-state index in [2.05, 4.69) is 26.6 Å². The Balaban J connectivity index is 1.85. The molecule has 0 aliphatic carbocycles. The number of rotatable bonds is 7. The Morgan fingerprint density at radius 3 is 2.36 bits per heavy atom. The maximum atomic E-state index is 15.3. The Kier molecular flexibility index (Phi) is 7.69. The third kappa shape index (κ3) is 6.48. The highest BCUT2D eigenvalue weighted by atomic mass is 79.9. The Morgan fingerprint density at radius 2 is 1.82 bits per heavy atom. The number of anilines is 2. The van der Waals surface area contributed by atoms with Crippen molar-refractivity contribution in [3.63, 3.8) is 0 Å². The molecule has 1 atom stereocenters. The van der Waals surface area contributed by atoms with Crippen LogP contribution >= 0.6 is 15.9 Å². The summed E-state index contributed by atoms with van der Waals surface area (Å²) in [5, 5.41) is 5.33. The Labute approximate surface area is 198 Å². The molecule has 0 radical (unpaired) electrons. The van der Waals surface area contributed by atoms with E-state index < -0.39 is 46.9 Å². The van der Waals surface area contributed by atoms with Crippen molar-refractivity contribution in [3.8, 4) is 0 Å². The van der Waals surface area contributed by atoms with Crippen molar-refractivity contribution in [2.24, 2.45) is 0 Å². The molecule has 1 heterocycles. The largest absolute Gasteiger partial charge is 0.456 e. The van der Waals surface area contributed by atoms with Crippen molar-refractivity contribution >= 4 is 39.2 Å². The van der Waals surface area contributed by atoms with Gasteiger partial charge in [0.1, 0.15) is 17.2 Å². The van der Waals surface area contributed by atoms with Gasteiger partial charge in [-0.1, -0.05) is 15.9 Å². The summed E-state index contributed by atoms with van der Waals surface area (Å²) in [6, 6.07) is 4.61. The van der Waals surface area contributed by atoms with E-state index in [1.807, 2.05) is 0 Å². The normalized spacial score (nSPS) is 15.5. The van der Waals surface area contributed by atoms with Crippen LogP contribution in [0.15, 0.2) is 28.7 Å². The van der Waals surface area contributed by atoms with Crippen LogP contribution in [-0.4, -0.2) is 36.7 Å². The number of nitrogens with one attached hydrogen (secondary N) is 2. The molecule has 0 saturated carbocycles. The molecule has 1 fully saturated rings. The number of halogens is 4. The van der Waals surface area contributed by atoms with E-state index in [1.165, 1.54) is 12.1 Å². The number of hydrogen-bond donors (Lipinski definition) is 2. The first-order valence-electron chi connectivity index (χ1n) is 10.3. The molecule has 33 heavy (non-hydrogen) atoms. The van der Waals surface area contributed by atoms with Crippen molar-refractivity contribution in [1.29, 1.82) is 0 Å². The summed E-state index contributed by atoms with van der Waals surface area (Å²) in [5.41, 5.74) is -1.69. The second-order valence-electron chi connectivity index (χ2n) is 8.59. The minimum atomic E-state index is -0.914. The number of benzene rings is 2. The Bertz CT molecular complexity index is 1050. The molecule has 1 saturated heterocycles. The lowest BCUT2D eigenvalue weighted by atomic mass is 10.1. The van der Waals surface area contributed by atoms with E-state index in [0.29, 0.717) is 6.61 Å². The van der Waals surface area contributed by atoms with Gasteiger partial charge in [-0.2, -0.15) is 0 Å². The number of hydrogen-bond acceptors (Lipinski definition) is 5. The minimum absolute atomic E-state index is 0.0158. The van der Waals surface area contributed by atoms with Gasteiger partial charge in [0, 0.05) is 23.2 Å². The van der Waals surface area contributed by atoms with Crippen LogP contribution in [0.25, 0.3) is 0 Å². The van der Waals surface area contributed by atoms with Crippen LogP contribution in [0.5, 0.6) is 0 Å². The van der Waals surface area contributed by atoms with E-state index in [4.69, 9.17) is 9.47 Å². The van der Waals surface area contributed by atoms with Crippen LogP contribution in [0.3, 0.4) is 0 Å². The van der Waals surface area contributed by atoms with Crippen molar-refractivity contribution in [2.45, 2.75) is 45.3 Å². The third-order valence-corrected chi connectivity index (χ3v) is 5.24. The van der Waals surface area contributed by atoms with Gasteiger partial charge in [0.15, 0.2) is 5.82 Å². The quantitative estimate of drug-likeness (QED) is 0.483. The SMILES string of the molecule is CC(C)(C)OC(=O)c1ccc(NC(=O)Cc2c(F)cc(Br)cc2F)c(NC[C@@H]2CCO2)c1F. The van der Waals surface area contributed by atoms with E-state index in [-0.39, 0.29) is 34.1 Å². The van der Waals surface area contributed by atoms with Crippen LogP contribution in [0.2, 0.25) is 0 Å². The van der Waals surface area contributed by atoms with Crippen molar-refractivity contribution < 1.29 is 32.2 Å². The van der Waals surface area contributed by atoms with Gasteiger partial charge in [0.2, 0.25) is 5.91 Å². The molecule has 0 bridgehead atoms. The molecule has 2 aromatic carbocycles. The molecule has 0 spiro atoms. The molecule has 10 heteroatoms. The summed E-state index contributed by atoms with van der Waals surface area (Å²) in [6.07, 6.45) is 0.0412. The zero-order valence-corrected chi connectivity index (χ0v) is 19.9. The van der Waals surface area contributed by atoms with Crippen LogP contribution in [0.1, 0.15) is 43.1 Å². The van der Waals surface area contributed by atoms with E-state index in [1.54, 1.807) is 20.8 Å². The molecular formula is C23H24BrF3N2O4. The highest BCUT2D eigenvalue weighted by molar-refractivity contribution is 9.10. The highest BCUT2D eigenvalue weighted by Gasteiger charge is 2.26. The lowest BCUT2D eigenvalue weighted by molar-refractivity contribution is -0.115. The number of ether oxygens (including phenoxy) is 2. The lowest BCUT2D eigenvalue weighted by Gasteiger charge is -2.27. The Morgan fingerprint density at radius 1 is 1.18 bits per heavy atom. The van der Waals surface area contributed by atoms with Crippen LogP contribution < -0.4 is 10.6 Å². The fourth-order valence-corrected chi connectivity index (χ4v) is 3.50. The first-order chi connectivity index (χ1) is 15.4. The Hall–Kier alpha value is -2.59. The first kappa shape index (κ1) is 25.0. The second-order valence-corrected chi connectivity index (χ2v) is 9.50. The zero-order chi connectivity index (χ0) is 24.3. The molecule has 0 aromatic heterocycles. The molecule has 6 nitrogen and oxygen atoms in total. The van der Waals surface area contributed by atoms with Crippen LogP contribution in [0.4, 0.5) is 24.5 Å². The summed E-state index contributed by atoms with van der Waals surface area (Å²) in [7, 11) is 0. The van der Waals surface area contributed by atoms with Gasteiger partial charge in [-0.3, -0.25) is 4.79 Å². The van der Waals surface area contributed by atoms with Gasteiger partial charge >= 0.3 is 5.97 Å². The fourth-order valence-electron chi connectivity index (χ4n) is 3.10. The van der Waals surface area contributed by atoms with Gasteiger partial charge in [0.05, 0.1) is 29.5 Å². The van der Waals surface area contributed by atoms with Crippen molar-refractivity contribution in [1.82, 2.24) is 0 Å². The average Bonchev–Trinajstić information content (AvgIpc) is 2.64. The maximum Gasteiger partial charge on any atom is 0.341 e. The molecule has 0 unspecified atom stereocenters. The van der Waals surface area contributed by atoms with Gasteiger partial charge < -0.3 is 20.1 Å². The number of carbonyl (C=O) groups is 2. The van der Waals surface area contributed by atoms with Gasteiger partial charge in [-0.05, 0) is 51.5 Å². The smallest absolute Gasteiger partial charge is 0.341 e. The average molecular weight is 529 g/mol. The van der Waals surface area contributed by atoms with Crippen molar-refractivity contribution in [3.05, 3.63) is 57.3 Å². The first-order valence-corrected chi connectivity index (χ1v) is 11.1. The number of esters is 1. The number of carbonyl (C=O) groups excluding carboxylic acids is 2. The van der Waals surface area contributed by atoms with Crippen LogP contribution in [-0.2, 0) is 20.7 Å². The standard InChI is InChI=1S/C23H24BrF3N2O4/c1-23(2,3)33-22(31)14-4-5-18(21(20(14)27)28-11-13-6-7-32-13)29-19(30)10-15-16(25)8-12(24)9-17(15)26/h4-5,8-9,13,28H,6-7,10-11H2,1-3H3,(H,29,30)/t13-/m0/s1. The molecule has 1 amide bonds. The molecule has 2 aromatic rings. The van der Waals surface area contributed by atoms with Gasteiger partial charge in [0.25, 0.3) is 0 Å². The monoisotopic (exact) mass is 528 g/mol. The van der Waals surface area contributed by atoms with Crippen LogP contribution in [0, 0.1) is 17.5 Å². The predicted molar refractivity (Wildman–Crippen MR) is 121 cm³/mol. The number of amides is 1. The lowest BCUT2D eigenvalue weighted by Crippen LogP contribution is -2.34. The van der Waals surface area contributed by atoms with Crippen molar-refractivity contribution in [2.75, 3.05) is 23.8 Å². The molecule has 2 N–H and O–H groups in total. The molecule has 3 rings (SSSR count). The second kappa shape index (κ2) is 10.1. The highest BCUT2D eigenvalue weighted by Crippen LogP contribution is 2.30. The molecular weight excluding hydrogens is 505 g/mol. The van der Waals surface area contributed by atoms with Gasteiger partial charge in [-0.25, -0.2) is 18.0 Å². The zero-order valence-electron chi connectivity index (χ0n) is 18.4. The van der Waals surface area contributed by atoms with E-state index in [0.717, 1.165) is 18.6 Å². The van der Waals surface area contributed by atoms with Gasteiger partial charge in [-0.15, -0.1) is 0 Å². The topological polar surface area (TPSA) is 76.7 Å². The summed E-state index contributed by atoms with van der Waals surface area (Å²) < 4.78 is 54.3.